The largest absolute Gasteiger partial charge is 0.383 e. The standard InChI is InChI=1S/C22H26ClN5O4/c1-32-15-14-27-8-3-6-18(21(27)30)26-12-10-25(11-13-26)16-4-2-5-17(20(16)23)28-9-7-19(29)24-22(28)31/h2-6,8H,7,9-15H2,1H3,(H,24,29,31). The zero-order chi connectivity index (χ0) is 22.7. The Morgan fingerprint density at radius 2 is 1.59 bits per heavy atom. The van der Waals surface area contributed by atoms with E-state index >= 15 is 0 Å². The molecule has 1 N–H and O–H groups in total. The normalized spacial score (nSPS) is 17.0. The molecule has 0 atom stereocenters. The number of nitrogens with one attached hydrogen (secondary N) is 1. The van der Waals surface area contributed by atoms with Gasteiger partial charge in [-0.25, -0.2) is 4.79 Å². The maximum atomic E-state index is 12.8. The number of hydrogen-bond donors (Lipinski definition) is 1. The molecule has 0 saturated carbocycles. The van der Waals surface area contributed by atoms with Crippen molar-refractivity contribution >= 4 is 40.6 Å². The van der Waals surface area contributed by atoms with E-state index in [-0.39, 0.29) is 17.9 Å². The van der Waals surface area contributed by atoms with E-state index in [0.29, 0.717) is 62.3 Å². The number of aromatic nitrogens is 1. The Labute approximate surface area is 191 Å². The summed E-state index contributed by atoms with van der Waals surface area (Å²) in [5.41, 5.74) is 2.07. The molecule has 10 heteroatoms. The fourth-order valence-electron chi connectivity index (χ4n) is 4.07. The average molecular weight is 460 g/mol. The predicted octanol–water partition coefficient (Wildman–Crippen LogP) is 1.92. The molecular formula is C22H26ClN5O4. The lowest BCUT2D eigenvalue weighted by molar-refractivity contribution is -0.120. The van der Waals surface area contributed by atoms with E-state index in [2.05, 4.69) is 15.1 Å². The topological polar surface area (TPSA) is 87.1 Å². The third-order valence-corrected chi connectivity index (χ3v) is 6.19. The number of imide groups is 1. The van der Waals surface area contributed by atoms with Crippen LogP contribution in [0.5, 0.6) is 0 Å². The molecule has 3 amide bonds. The number of piperazine rings is 1. The Kier molecular flexibility index (Phi) is 6.66. The molecule has 2 saturated heterocycles. The van der Waals surface area contributed by atoms with Gasteiger partial charge in [-0.15, -0.1) is 0 Å². The molecule has 2 aromatic rings. The van der Waals surface area contributed by atoms with Gasteiger partial charge in [-0.3, -0.25) is 19.8 Å². The Hall–Kier alpha value is -3.04. The highest BCUT2D eigenvalue weighted by atomic mass is 35.5. The SMILES string of the molecule is COCCn1cccc(N2CCN(c3cccc(N4CCC(=O)NC4=O)c3Cl)CC2)c1=O. The first-order valence-electron chi connectivity index (χ1n) is 10.6. The molecule has 0 aliphatic carbocycles. The smallest absolute Gasteiger partial charge is 0.328 e. The number of halogens is 1. The Bertz CT molecular complexity index is 1060. The highest BCUT2D eigenvalue weighted by molar-refractivity contribution is 6.36. The van der Waals surface area contributed by atoms with Crippen LogP contribution in [-0.4, -0.2) is 62.9 Å². The van der Waals surface area contributed by atoms with Crippen molar-refractivity contribution in [1.29, 1.82) is 0 Å². The molecule has 0 unspecified atom stereocenters. The molecule has 0 radical (unpaired) electrons. The summed E-state index contributed by atoms with van der Waals surface area (Å²) in [5, 5.41) is 2.81. The molecule has 2 aliphatic heterocycles. The minimum atomic E-state index is -0.459. The molecule has 1 aromatic carbocycles. The van der Waals surface area contributed by atoms with Crippen LogP contribution < -0.4 is 25.6 Å². The first-order chi connectivity index (χ1) is 15.5. The van der Waals surface area contributed by atoms with Crippen molar-refractivity contribution in [3.63, 3.8) is 0 Å². The number of pyridine rings is 1. The minimum Gasteiger partial charge on any atom is -0.383 e. The number of nitrogens with zero attached hydrogens (tertiary/aromatic N) is 4. The summed E-state index contributed by atoms with van der Waals surface area (Å²) in [5.74, 6) is -0.281. The Balaban J connectivity index is 1.48. The van der Waals surface area contributed by atoms with Crippen LogP contribution in [0.1, 0.15) is 6.42 Å². The predicted molar refractivity (Wildman–Crippen MR) is 124 cm³/mol. The van der Waals surface area contributed by atoms with Crippen molar-refractivity contribution in [2.45, 2.75) is 13.0 Å². The van der Waals surface area contributed by atoms with E-state index in [0.717, 1.165) is 5.69 Å². The van der Waals surface area contributed by atoms with Crippen molar-refractivity contribution < 1.29 is 14.3 Å². The number of hydrogen-bond acceptors (Lipinski definition) is 6. The van der Waals surface area contributed by atoms with Crippen LogP contribution in [0.4, 0.5) is 21.9 Å². The van der Waals surface area contributed by atoms with Gasteiger partial charge in [0.2, 0.25) is 5.91 Å². The van der Waals surface area contributed by atoms with Crippen LogP contribution in [0, 0.1) is 0 Å². The van der Waals surface area contributed by atoms with E-state index in [1.807, 2.05) is 24.3 Å². The summed E-state index contributed by atoms with van der Waals surface area (Å²) in [7, 11) is 1.62. The lowest BCUT2D eigenvalue weighted by Crippen LogP contribution is -2.50. The van der Waals surface area contributed by atoms with Gasteiger partial charge in [0.1, 0.15) is 5.69 Å². The van der Waals surface area contributed by atoms with Crippen LogP contribution in [0.2, 0.25) is 5.02 Å². The molecule has 0 spiro atoms. The minimum absolute atomic E-state index is 0.0244. The number of carbonyl (C=O) groups is 2. The molecule has 170 valence electrons. The van der Waals surface area contributed by atoms with Gasteiger partial charge < -0.3 is 19.1 Å². The number of carbonyl (C=O) groups excluding carboxylic acids is 2. The molecule has 3 heterocycles. The zero-order valence-corrected chi connectivity index (χ0v) is 18.7. The summed E-state index contributed by atoms with van der Waals surface area (Å²) in [4.78, 5) is 42.3. The number of amides is 3. The fourth-order valence-corrected chi connectivity index (χ4v) is 4.42. The molecule has 32 heavy (non-hydrogen) atoms. The van der Waals surface area contributed by atoms with E-state index in [4.69, 9.17) is 16.3 Å². The highest BCUT2D eigenvalue weighted by Crippen LogP contribution is 2.36. The van der Waals surface area contributed by atoms with E-state index in [1.54, 1.807) is 23.9 Å². The summed E-state index contributed by atoms with van der Waals surface area (Å²) in [6, 6.07) is 8.84. The second-order valence-corrected chi connectivity index (χ2v) is 8.10. The third-order valence-electron chi connectivity index (χ3n) is 5.80. The number of anilines is 3. The first-order valence-corrected chi connectivity index (χ1v) is 11.0. The molecule has 4 rings (SSSR count). The third kappa shape index (κ3) is 4.44. The van der Waals surface area contributed by atoms with E-state index < -0.39 is 6.03 Å². The van der Waals surface area contributed by atoms with E-state index in [1.165, 1.54) is 4.90 Å². The van der Waals surface area contributed by atoms with Gasteiger partial charge in [-0.05, 0) is 24.3 Å². The fraction of sp³-hybridized carbons (Fsp3) is 0.409. The number of ether oxygens (including phenoxy) is 1. The summed E-state index contributed by atoms with van der Waals surface area (Å²) >= 11 is 6.70. The van der Waals surface area contributed by atoms with Gasteiger partial charge >= 0.3 is 6.03 Å². The number of urea groups is 1. The van der Waals surface area contributed by atoms with Gasteiger partial charge in [0.15, 0.2) is 0 Å². The zero-order valence-electron chi connectivity index (χ0n) is 17.9. The van der Waals surface area contributed by atoms with Crippen molar-refractivity contribution in [1.82, 2.24) is 9.88 Å². The van der Waals surface area contributed by atoms with Crippen LogP contribution in [0.25, 0.3) is 0 Å². The monoisotopic (exact) mass is 459 g/mol. The van der Waals surface area contributed by atoms with Crippen molar-refractivity contribution in [2.24, 2.45) is 0 Å². The molecule has 9 nitrogen and oxygen atoms in total. The van der Waals surface area contributed by atoms with Crippen LogP contribution in [-0.2, 0) is 16.1 Å². The van der Waals surface area contributed by atoms with Gasteiger partial charge in [0, 0.05) is 59.0 Å². The number of methoxy groups -OCH3 is 1. The highest BCUT2D eigenvalue weighted by Gasteiger charge is 2.28. The summed E-state index contributed by atoms with van der Waals surface area (Å²) < 4.78 is 6.75. The van der Waals surface area contributed by atoms with Crippen molar-refractivity contribution in [2.75, 3.05) is 61.1 Å². The molecule has 0 bridgehead atoms. The second-order valence-electron chi connectivity index (χ2n) is 7.72. The van der Waals surface area contributed by atoms with Gasteiger partial charge in [-0.1, -0.05) is 17.7 Å². The molecular weight excluding hydrogens is 434 g/mol. The lowest BCUT2D eigenvalue weighted by atomic mass is 10.2. The van der Waals surface area contributed by atoms with Gasteiger partial charge in [0.25, 0.3) is 5.56 Å². The van der Waals surface area contributed by atoms with E-state index in [9.17, 15) is 14.4 Å². The average Bonchev–Trinajstić information content (AvgIpc) is 2.79. The van der Waals surface area contributed by atoms with Crippen LogP contribution in [0.15, 0.2) is 41.3 Å². The van der Waals surface area contributed by atoms with Crippen LogP contribution in [0.3, 0.4) is 0 Å². The lowest BCUT2D eigenvalue weighted by Gasteiger charge is -2.38. The van der Waals surface area contributed by atoms with Crippen molar-refractivity contribution in [3.8, 4) is 0 Å². The van der Waals surface area contributed by atoms with Gasteiger partial charge in [-0.2, -0.15) is 0 Å². The number of rotatable bonds is 6. The Morgan fingerprint density at radius 1 is 0.938 bits per heavy atom. The van der Waals surface area contributed by atoms with Crippen LogP contribution >= 0.6 is 11.6 Å². The first kappa shape index (κ1) is 22.2. The summed E-state index contributed by atoms with van der Waals surface area (Å²) in [6.45, 7) is 3.99. The van der Waals surface area contributed by atoms with Gasteiger partial charge in [0.05, 0.1) is 23.0 Å². The Morgan fingerprint density at radius 3 is 2.28 bits per heavy atom. The summed E-state index contributed by atoms with van der Waals surface area (Å²) in [6.07, 6.45) is 2.01. The second kappa shape index (κ2) is 9.62. The maximum Gasteiger partial charge on any atom is 0.328 e. The molecule has 2 aliphatic rings. The van der Waals surface area contributed by atoms with Crippen molar-refractivity contribution in [3.05, 3.63) is 51.9 Å². The molecule has 2 fully saturated rings. The molecule has 1 aromatic heterocycles. The maximum absolute atomic E-state index is 12.8. The number of benzene rings is 1. The quantitative estimate of drug-likeness (QED) is 0.710.